The molecule has 0 unspecified atom stereocenters. The number of aryl methyl sites for hydroxylation is 2. The third-order valence-electron chi connectivity index (χ3n) is 6.23. The molecule has 0 atom stereocenters. The van der Waals surface area contributed by atoms with Crippen molar-refractivity contribution in [3.05, 3.63) is 62.7 Å². The summed E-state index contributed by atoms with van der Waals surface area (Å²) >= 11 is 0. The highest BCUT2D eigenvalue weighted by Gasteiger charge is 2.23. The highest BCUT2D eigenvalue weighted by atomic mass is 32.2. The molecule has 4 rings (SSSR count). The van der Waals surface area contributed by atoms with Gasteiger partial charge >= 0.3 is 11.1 Å². The molecule has 1 aliphatic rings. The zero-order valence-corrected chi connectivity index (χ0v) is 20.9. The number of nitrogens with one attached hydrogen (secondary N) is 1. The Morgan fingerprint density at radius 2 is 1.41 bits per heavy atom. The summed E-state index contributed by atoms with van der Waals surface area (Å²) in [7, 11) is -0.869. The van der Waals surface area contributed by atoms with Crippen LogP contribution in [0.1, 0.15) is 26.3 Å². The second kappa shape index (κ2) is 8.59. The van der Waals surface area contributed by atoms with Gasteiger partial charge in [0.15, 0.2) is 0 Å². The van der Waals surface area contributed by atoms with Gasteiger partial charge in [0.25, 0.3) is 10.0 Å². The SMILES string of the molecule is Cn1c(=O)c(=O)n(C)c2cc(N3CCOCC3)c(NS(=O)(=O)c3ccc(C(C)(C)C)cc3)cc21. The molecule has 0 radical (unpaired) electrons. The first-order chi connectivity index (χ1) is 15.9. The number of hydrogen-bond donors (Lipinski definition) is 1. The highest BCUT2D eigenvalue weighted by Crippen LogP contribution is 2.33. The number of fused-ring (bicyclic) bond motifs is 1. The van der Waals surface area contributed by atoms with Gasteiger partial charge in [-0.25, -0.2) is 8.42 Å². The lowest BCUT2D eigenvalue weighted by atomic mass is 9.87. The summed E-state index contributed by atoms with van der Waals surface area (Å²) in [6.45, 7) is 8.35. The van der Waals surface area contributed by atoms with Crippen LogP contribution in [0.15, 0.2) is 50.9 Å². The Balaban J connectivity index is 1.86. The van der Waals surface area contributed by atoms with E-state index in [1.807, 2.05) is 17.0 Å². The smallest absolute Gasteiger partial charge is 0.316 e. The van der Waals surface area contributed by atoms with Crippen molar-refractivity contribution in [1.82, 2.24) is 9.13 Å². The maximum atomic E-state index is 13.3. The van der Waals surface area contributed by atoms with Crippen molar-refractivity contribution in [2.24, 2.45) is 14.1 Å². The summed E-state index contributed by atoms with van der Waals surface area (Å²) in [6, 6.07) is 10.2. The number of sulfonamides is 1. The quantitative estimate of drug-likeness (QED) is 0.567. The number of ether oxygens (including phenoxy) is 1. The van der Waals surface area contributed by atoms with E-state index in [2.05, 4.69) is 25.5 Å². The fraction of sp³-hybridized carbons (Fsp3) is 0.417. The molecule has 10 heteroatoms. The van der Waals surface area contributed by atoms with Crippen LogP contribution in [0.5, 0.6) is 0 Å². The van der Waals surface area contributed by atoms with Gasteiger partial charge in [0.1, 0.15) is 0 Å². The van der Waals surface area contributed by atoms with E-state index >= 15 is 0 Å². The average Bonchev–Trinajstić information content (AvgIpc) is 2.81. The summed E-state index contributed by atoms with van der Waals surface area (Å²) < 4.78 is 37.4. The first kappa shape index (κ1) is 24.0. The lowest BCUT2D eigenvalue weighted by molar-refractivity contribution is 0.123. The molecule has 9 nitrogen and oxygen atoms in total. The Kier molecular flexibility index (Phi) is 6.07. The zero-order chi connectivity index (χ0) is 24.8. The van der Waals surface area contributed by atoms with Crippen molar-refractivity contribution in [3.63, 3.8) is 0 Å². The van der Waals surface area contributed by atoms with Crippen LogP contribution in [-0.4, -0.2) is 43.9 Å². The summed E-state index contributed by atoms with van der Waals surface area (Å²) in [5.74, 6) is 0. The minimum absolute atomic E-state index is 0.0989. The molecule has 34 heavy (non-hydrogen) atoms. The van der Waals surface area contributed by atoms with Crippen LogP contribution in [-0.2, 0) is 34.3 Å². The van der Waals surface area contributed by atoms with E-state index in [0.29, 0.717) is 48.7 Å². The normalized spacial score (nSPS) is 15.0. The van der Waals surface area contributed by atoms with Crippen LogP contribution in [0.3, 0.4) is 0 Å². The Bertz CT molecular complexity index is 1460. The monoisotopic (exact) mass is 486 g/mol. The van der Waals surface area contributed by atoms with E-state index in [0.717, 1.165) is 5.56 Å². The predicted octanol–water partition coefficient (Wildman–Crippen LogP) is 2.17. The molecule has 1 saturated heterocycles. The van der Waals surface area contributed by atoms with Gasteiger partial charge in [-0.3, -0.25) is 14.3 Å². The van der Waals surface area contributed by atoms with Gasteiger partial charge in [-0.15, -0.1) is 0 Å². The molecule has 0 spiro atoms. The molecule has 1 N–H and O–H groups in total. The average molecular weight is 487 g/mol. The maximum Gasteiger partial charge on any atom is 0.316 e. The van der Waals surface area contributed by atoms with Gasteiger partial charge < -0.3 is 18.8 Å². The second-order valence-corrected chi connectivity index (χ2v) is 11.2. The van der Waals surface area contributed by atoms with Gasteiger partial charge in [-0.2, -0.15) is 0 Å². The summed E-state index contributed by atoms with van der Waals surface area (Å²) in [6.07, 6.45) is 0. The number of anilines is 2. The molecule has 0 amide bonds. The van der Waals surface area contributed by atoms with Gasteiger partial charge in [0, 0.05) is 27.2 Å². The van der Waals surface area contributed by atoms with Crippen molar-refractivity contribution in [2.75, 3.05) is 35.9 Å². The van der Waals surface area contributed by atoms with Crippen molar-refractivity contribution in [2.45, 2.75) is 31.1 Å². The van der Waals surface area contributed by atoms with Crippen LogP contribution in [0, 0.1) is 0 Å². The molecule has 2 heterocycles. The van der Waals surface area contributed by atoms with E-state index in [1.165, 1.54) is 23.2 Å². The molecule has 0 saturated carbocycles. The largest absolute Gasteiger partial charge is 0.378 e. The minimum atomic E-state index is -3.91. The molecule has 2 aromatic carbocycles. The number of benzene rings is 2. The number of nitrogens with zero attached hydrogens (tertiary/aromatic N) is 3. The summed E-state index contributed by atoms with van der Waals surface area (Å²) in [5, 5.41) is 0. The molecule has 0 aliphatic carbocycles. The summed E-state index contributed by atoms with van der Waals surface area (Å²) in [5.41, 5.74) is 1.55. The fourth-order valence-corrected chi connectivity index (χ4v) is 5.16. The van der Waals surface area contributed by atoms with Crippen molar-refractivity contribution < 1.29 is 13.2 Å². The molecule has 1 aliphatic heterocycles. The number of rotatable bonds is 4. The Morgan fingerprint density at radius 3 is 1.94 bits per heavy atom. The second-order valence-electron chi connectivity index (χ2n) is 9.57. The molecule has 182 valence electrons. The van der Waals surface area contributed by atoms with Crippen LogP contribution >= 0.6 is 0 Å². The third kappa shape index (κ3) is 4.35. The maximum absolute atomic E-state index is 13.3. The van der Waals surface area contributed by atoms with Crippen molar-refractivity contribution >= 4 is 32.4 Å². The van der Waals surface area contributed by atoms with Gasteiger partial charge in [-0.1, -0.05) is 32.9 Å². The topological polar surface area (TPSA) is 103 Å². The van der Waals surface area contributed by atoms with Gasteiger partial charge in [-0.05, 0) is 35.2 Å². The lowest BCUT2D eigenvalue weighted by Crippen LogP contribution is -2.40. The van der Waals surface area contributed by atoms with E-state index in [4.69, 9.17) is 4.74 Å². The Labute approximate surface area is 198 Å². The predicted molar refractivity (Wildman–Crippen MR) is 133 cm³/mol. The van der Waals surface area contributed by atoms with Crippen molar-refractivity contribution in [3.8, 4) is 0 Å². The zero-order valence-electron chi connectivity index (χ0n) is 20.1. The van der Waals surface area contributed by atoms with Crippen LogP contribution in [0.4, 0.5) is 11.4 Å². The standard InChI is InChI=1S/C24H30N4O5S/c1-24(2,3)16-6-8-17(9-7-16)34(31,32)25-18-14-20-21(27(5)23(30)22(29)26(20)4)15-19(18)28-10-12-33-13-11-28/h6-9,14-15,25H,10-13H2,1-5H3. The molecule has 1 aromatic heterocycles. The minimum Gasteiger partial charge on any atom is -0.378 e. The van der Waals surface area contributed by atoms with Gasteiger partial charge in [0.05, 0.1) is 40.5 Å². The molecule has 1 fully saturated rings. The molecule has 0 bridgehead atoms. The summed E-state index contributed by atoms with van der Waals surface area (Å²) in [4.78, 5) is 26.9. The van der Waals surface area contributed by atoms with Crippen molar-refractivity contribution in [1.29, 1.82) is 0 Å². The number of morpholine rings is 1. The van der Waals surface area contributed by atoms with E-state index in [1.54, 1.807) is 24.3 Å². The fourth-order valence-electron chi connectivity index (χ4n) is 4.09. The Hall–Kier alpha value is -3.11. The van der Waals surface area contributed by atoms with Crippen LogP contribution in [0.2, 0.25) is 0 Å². The van der Waals surface area contributed by atoms with Crippen LogP contribution in [0.25, 0.3) is 11.0 Å². The van der Waals surface area contributed by atoms with E-state index < -0.39 is 21.1 Å². The first-order valence-electron chi connectivity index (χ1n) is 11.1. The molecular formula is C24H30N4O5S. The molecule has 3 aromatic rings. The van der Waals surface area contributed by atoms with Crippen LogP contribution < -0.4 is 20.7 Å². The van der Waals surface area contributed by atoms with Gasteiger partial charge in [0.2, 0.25) is 0 Å². The highest BCUT2D eigenvalue weighted by molar-refractivity contribution is 7.92. The van der Waals surface area contributed by atoms with E-state index in [-0.39, 0.29) is 10.3 Å². The third-order valence-corrected chi connectivity index (χ3v) is 7.62. The number of hydrogen-bond acceptors (Lipinski definition) is 6. The van der Waals surface area contributed by atoms with E-state index in [9.17, 15) is 18.0 Å². The first-order valence-corrected chi connectivity index (χ1v) is 12.6. The Morgan fingerprint density at radius 1 is 0.882 bits per heavy atom. The lowest BCUT2D eigenvalue weighted by Gasteiger charge is -2.31. The molecular weight excluding hydrogens is 456 g/mol. The number of aromatic nitrogens is 2.